The summed E-state index contributed by atoms with van der Waals surface area (Å²) in [6, 6.07) is 7.90. The molecule has 1 aromatic carbocycles. The number of rotatable bonds is 8. The molecule has 0 aliphatic heterocycles. The molecule has 1 atom stereocenters. The molecule has 0 saturated carbocycles. The number of hydrogen-bond acceptors (Lipinski definition) is 3. The second kappa shape index (κ2) is 7.90. The average molecular weight is 249 g/mol. The van der Waals surface area contributed by atoms with Crippen LogP contribution >= 0.6 is 0 Å². The van der Waals surface area contributed by atoms with Crippen LogP contribution in [-0.4, -0.2) is 37.3 Å². The van der Waals surface area contributed by atoms with Crippen molar-refractivity contribution in [3.8, 4) is 5.75 Å². The van der Waals surface area contributed by atoms with Crippen LogP contribution in [0.3, 0.4) is 0 Å². The lowest BCUT2D eigenvalue weighted by Crippen LogP contribution is -2.28. The van der Waals surface area contributed by atoms with Gasteiger partial charge in [0.15, 0.2) is 0 Å². The fraction of sp³-hybridized carbons (Fsp3) is 0.467. The van der Waals surface area contributed by atoms with E-state index >= 15 is 0 Å². The minimum Gasteiger partial charge on any atom is -0.497 e. The van der Waals surface area contributed by atoms with Gasteiger partial charge < -0.3 is 9.84 Å². The van der Waals surface area contributed by atoms with Gasteiger partial charge in [0.2, 0.25) is 0 Å². The van der Waals surface area contributed by atoms with Gasteiger partial charge in [0.1, 0.15) is 5.75 Å². The van der Waals surface area contributed by atoms with Crippen molar-refractivity contribution in [2.24, 2.45) is 0 Å². The van der Waals surface area contributed by atoms with E-state index in [1.807, 2.05) is 37.4 Å². The standard InChI is InChI=1S/C15H23NO2/c1-4-5-6-11-16(2)15(12-17)13-7-9-14(18-3)10-8-13/h4,7-10,15,17H,1,5-6,11-12H2,2-3H3. The maximum Gasteiger partial charge on any atom is 0.118 e. The summed E-state index contributed by atoms with van der Waals surface area (Å²) in [4.78, 5) is 2.17. The number of benzene rings is 1. The summed E-state index contributed by atoms with van der Waals surface area (Å²) in [7, 11) is 3.69. The van der Waals surface area contributed by atoms with Crippen molar-refractivity contribution in [3.63, 3.8) is 0 Å². The Morgan fingerprint density at radius 1 is 1.39 bits per heavy atom. The van der Waals surface area contributed by atoms with Gasteiger partial charge in [-0.1, -0.05) is 18.2 Å². The zero-order valence-corrected chi connectivity index (χ0v) is 11.3. The Morgan fingerprint density at radius 2 is 2.06 bits per heavy atom. The highest BCUT2D eigenvalue weighted by Crippen LogP contribution is 2.22. The predicted octanol–water partition coefficient (Wildman–Crippen LogP) is 2.63. The Morgan fingerprint density at radius 3 is 2.56 bits per heavy atom. The summed E-state index contributed by atoms with van der Waals surface area (Å²) in [5.74, 6) is 0.838. The number of ether oxygens (including phenoxy) is 1. The molecule has 0 amide bonds. The van der Waals surface area contributed by atoms with Crippen LogP contribution in [0, 0.1) is 0 Å². The van der Waals surface area contributed by atoms with Crippen molar-refractivity contribution in [2.45, 2.75) is 18.9 Å². The van der Waals surface area contributed by atoms with E-state index in [-0.39, 0.29) is 12.6 Å². The van der Waals surface area contributed by atoms with E-state index in [2.05, 4.69) is 11.5 Å². The summed E-state index contributed by atoms with van der Waals surface area (Å²) < 4.78 is 5.14. The van der Waals surface area contributed by atoms with Gasteiger partial charge in [-0.15, -0.1) is 6.58 Å². The number of methoxy groups -OCH3 is 1. The first-order chi connectivity index (χ1) is 8.72. The first-order valence-electron chi connectivity index (χ1n) is 6.29. The number of aliphatic hydroxyl groups is 1. The average Bonchev–Trinajstić information content (AvgIpc) is 2.41. The SMILES string of the molecule is C=CCCCN(C)C(CO)c1ccc(OC)cc1. The molecule has 100 valence electrons. The molecular formula is C15H23NO2. The Bertz CT molecular complexity index is 348. The zero-order valence-electron chi connectivity index (χ0n) is 11.3. The Hall–Kier alpha value is -1.32. The normalized spacial score (nSPS) is 12.4. The van der Waals surface area contributed by atoms with Crippen molar-refractivity contribution in [2.75, 3.05) is 27.3 Å². The Balaban J connectivity index is 2.65. The summed E-state index contributed by atoms with van der Waals surface area (Å²) >= 11 is 0. The van der Waals surface area contributed by atoms with Crippen molar-refractivity contribution in [1.29, 1.82) is 0 Å². The molecular weight excluding hydrogens is 226 g/mol. The number of hydrogen-bond donors (Lipinski definition) is 1. The minimum atomic E-state index is 0.0423. The number of aliphatic hydroxyl groups excluding tert-OH is 1. The second-order valence-corrected chi connectivity index (χ2v) is 4.38. The van der Waals surface area contributed by atoms with Gasteiger partial charge in [0.05, 0.1) is 19.8 Å². The van der Waals surface area contributed by atoms with Crippen molar-refractivity contribution in [3.05, 3.63) is 42.5 Å². The largest absolute Gasteiger partial charge is 0.497 e. The van der Waals surface area contributed by atoms with E-state index in [0.29, 0.717) is 0 Å². The predicted molar refractivity (Wildman–Crippen MR) is 74.9 cm³/mol. The number of unbranched alkanes of at least 4 members (excludes halogenated alkanes) is 1. The van der Waals surface area contributed by atoms with Crippen molar-refractivity contribution >= 4 is 0 Å². The molecule has 0 aliphatic rings. The van der Waals surface area contributed by atoms with Crippen LogP contribution in [0.2, 0.25) is 0 Å². The molecule has 0 saturated heterocycles. The van der Waals surface area contributed by atoms with Crippen molar-refractivity contribution in [1.82, 2.24) is 4.90 Å². The molecule has 0 aromatic heterocycles. The third-order valence-corrected chi connectivity index (χ3v) is 3.12. The highest BCUT2D eigenvalue weighted by atomic mass is 16.5. The fourth-order valence-electron chi connectivity index (χ4n) is 1.97. The first kappa shape index (κ1) is 14.7. The summed E-state index contributed by atoms with van der Waals surface area (Å²) in [5.41, 5.74) is 1.11. The Kier molecular flexibility index (Phi) is 6.47. The van der Waals surface area contributed by atoms with Crippen LogP contribution in [0.1, 0.15) is 24.4 Å². The lowest BCUT2D eigenvalue weighted by atomic mass is 10.1. The van der Waals surface area contributed by atoms with E-state index in [4.69, 9.17) is 4.74 Å². The van der Waals surface area contributed by atoms with Gasteiger partial charge in [-0.05, 0) is 44.1 Å². The summed E-state index contributed by atoms with van der Waals surface area (Å²) in [6.07, 6.45) is 3.99. The highest BCUT2D eigenvalue weighted by Gasteiger charge is 2.15. The van der Waals surface area contributed by atoms with Crippen LogP contribution < -0.4 is 4.74 Å². The smallest absolute Gasteiger partial charge is 0.118 e. The maximum atomic E-state index is 9.54. The molecule has 1 unspecified atom stereocenters. The second-order valence-electron chi connectivity index (χ2n) is 4.38. The van der Waals surface area contributed by atoms with Gasteiger partial charge in [0, 0.05) is 0 Å². The van der Waals surface area contributed by atoms with Gasteiger partial charge in [0.25, 0.3) is 0 Å². The van der Waals surface area contributed by atoms with Gasteiger partial charge in [-0.25, -0.2) is 0 Å². The van der Waals surface area contributed by atoms with Crippen LogP contribution in [0.4, 0.5) is 0 Å². The Labute approximate surface area is 110 Å². The van der Waals surface area contributed by atoms with E-state index in [9.17, 15) is 5.11 Å². The quantitative estimate of drug-likeness (QED) is 0.568. The van der Waals surface area contributed by atoms with E-state index in [1.54, 1.807) is 7.11 Å². The molecule has 0 spiro atoms. The molecule has 0 heterocycles. The van der Waals surface area contributed by atoms with Crippen LogP contribution in [0.5, 0.6) is 5.75 Å². The van der Waals surface area contributed by atoms with E-state index in [0.717, 1.165) is 30.7 Å². The number of nitrogens with zero attached hydrogens (tertiary/aromatic N) is 1. The van der Waals surface area contributed by atoms with E-state index < -0.39 is 0 Å². The molecule has 1 rings (SSSR count). The molecule has 1 aromatic rings. The maximum absolute atomic E-state index is 9.54. The molecule has 0 radical (unpaired) electrons. The molecule has 0 aliphatic carbocycles. The molecule has 0 fully saturated rings. The minimum absolute atomic E-state index is 0.0423. The van der Waals surface area contributed by atoms with Crippen molar-refractivity contribution < 1.29 is 9.84 Å². The number of allylic oxidation sites excluding steroid dienone is 1. The van der Waals surface area contributed by atoms with Crippen LogP contribution in [0.25, 0.3) is 0 Å². The zero-order chi connectivity index (χ0) is 13.4. The van der Waals surface area contributed by atoms with E-state index in [1.165, 1.54) is 0 Å². The summed E-state index contributed by atoms with van der Waals surface area (Å²) in [5, 5.41) is 9.54. The van der Waals surface area contributed by atoms with Gasteiger partial charge in [-0.2, -0.15) is 0 Å². The third kappa shape index (κ3) is 4.17. The summed E-state index contributed by atoms with van der Waals surface area (Å²) in [6.45, 7) is 4.79. The fourth-order valence-corrected chi connectivity index (χ4v) is 1.97. The molecule has 18 heavy (non-hydrogen) atoms. The first-order valence-corrected chi connectivity index (χ1v) is 6.29. The lowest BCUT2D eigenvalue weighted by molar-refractivity contribution is 0.147. The number of likely N-dealkylation sites (N-methyl/N-ethyl adjacent to an activating group) is 1. The molecule has 3 heteroatoms. The topological polar surface area (TPSA) is 32.7 Å². The van der Waals surface area contributed by atoms with Crippen LogP contribution in [0.15, 0.2) is 36.9 Å². The third-order valence-electron chi connectivity index (χ3n) is 3.12. The molecule has 1 N–H and O–H groups in total. The van der Waals surface area contributed by atoms with Gasteiger partial charge >= 0.3 is 0 Å². The monoisotopic (exact) mass is 249 g/mol. The van der Waals surface area contributed by atoms with Gasteiger partial charge in [-0.3, -0.25) is 4.90 Å². The van der Waals surface area contributed by atoms with Crippen LogP contribution in [-0.2, 0) is 0 Å². The lowest BCUT2D eigenvalue weighted by Gasteiger charge is -2.26. The highest BCUT2D eigenvalue weighted by molar-refractivity contribution is 5.29. The molecule has 0 bridgehead atoms. The molecule has 3 nitrogen and oxygen atoms in total.